The summed E-state index contributed by atoms with van der Waals surface area (Å²) in [5, 5.41) is 7.52. The van der Waals surface area contributed by atoms with Crippen LogP contribution < -0.4 is 0 Å². The van der Waals surface area contributed by atoms with Crippen LogP contribution in [-0.2, 0) is 7.05 Å². The van der Waals surface area contributed by atoms with Crippen LogP contribution in [0.3, 0.4) is 0 Å². The molecule has 0 bridgehead atoms. The zero-order valence-electron chi connectivity index (χ0n) is 24.6. The third-order valence-electron chi connectivity index (χ3n) is 7.56. The van der Waals surface area contributed by atoms with Gasteiger partial charge in [-0.25, -0.2) is 0 Å². The third-order valence-corrected chi connectivity index (χ3v) is 7.56. The maximum absolute atomic E-state index is 6.13. The fourth-order valence-corrected chi connectivity index (χ4v) is 5.38. The van der Waals surface area contributed by atoms with Gasteiger partial charge in [0.2, 0.25) is 0 Å². The lowest BCUT2D eigenvalue weighted by Gasteiger charge is -2.04. The highest BCUT2D eigenvalue weighted by Gasteiger charge is 2.13. The topological polar surface area (TPSA) is 18.1 Å². The average Bonchev–Trinajstić information content (AvgIpc) is 3.55. The van der Waals surface area contributed by atoms with Crippen LogP contribution >= 0.6 is 0 Å². The minimum atomic E-state index is 0.933. The second-order valence-corrected chi connectivity index (χ2v) is 9.91. The standard InChI is InChI=1S/C29H19NO.C8H12.C2H6/c1-30-25-14-12-19(16-24(25)29-21-7-3-2-6-18(21)11-15-26(29)30)20-10-13-23-22-8-4-5-9-27(22)31-28(23)17-20;1-4-6-7-8(3)5-2;1-2/h2-17H,1H3;4-7H,1H2,2-3H3;1-2H3/b;7-6-,8-5+;. The number of benzene rings is 5. The van der Waals surface area contributed by atoms with Crippen LogP contribution in [0.4, 0.5) is 0 Å². The maximum atomic E-state index is 6.13. The van der Waals surface area contributed by atoms with Gasteiger partial charge in [-0.2, -0.15) is 0 Å². The van der Waals surface area contributed by atoms with E-state index in [9.17, 15) is 0 Å². The van der Waals surface area contributed by atoms with E-state index in [0.717, 1.165) is 16.6 Å². The fourth-order valence-electron chi connectivity index (χ4n) is 5.38. The first kappa shape index (κ1) is 27.7. The molecule has 0 N–H and O–H groups in total. The van der Waals surface area contributed by atoms with Crippen molar-refractivity contribution in [3.05, 3.63) is 134 Å². The number of fused-ring (bicyclic) bond motifs is 8. The molecule has 0 aliphatic carbocycles. The zero-order chi connectivity index (χ0) is 28.9. The first-order chi connectivity index (χ1) is 20.1. The van der Waals surface area contributed by atoms with E-state index in [4.69, 9.17) is 4.42 Å². The largest absolute Gasteiger partial charge is 0.456 e. The molecule has 5 aromatic carbocycles. The molecule has 2 heterocycles. The van der Waals surface area contributed by atoms with Crippen LogP contribution in [0, 0.1) is 0 Å². The SMILES string of the molecule is C=C/C=C\C(C)=C\C.CC.Cn1c2ccc(-c3ccc4c(c3)oc3ccccc34)cc2c2c3ccccc3ccc21. The van der Waals surface area contributed by atoms with Crippen LogP contribution in [0.5, 0.6) is 0 Å². The quantitative estimate of drug-likeness (QED) is 0.206. The van der Waals surface area contributed by atoms with Gasteiger partial charge in [0.25, 0.3) is 0 Å². The molecular formula is C39H37NO. The summed E-state index contributed by atoms with van der Waals surface area (Å²) in [6, 6.07) is 34.6. The molecule has 0 unspecified atom stereocenters. The van der Waals surface area contributed by atoms with Crippen molar-refractivity contribution < 1.29 is 4.42 Å². The Labute approximate surface area is 242 Å². The summed E-state index contributed by atoms with van der Waals surface area (Å²) in [6.45, 7) is 11.6. The molecule has 0 fully saturated rings. The van der Waals surface area contributed by atoms with Gasteiger partial charge < -0.3 is 8.98 Å². The molecule has 7 aromatic rings. The van der Waals surface area contributed by atoms with Crippen LogP contribution in [0.2, 0.25) is 0 Å². The summed E-state index contributed by atoms with van der Waals surface area (Å²) in [4.78, 5) is 0. The average molecular weight is 536 g/mol. The molecule has 41 heavy (non-hydrogen) atoms. The van der Waals surface area contributed by atoms with Gasteiger partial charge in [-0.15, -0.1) is 0 Å². The molecular weight excluding hydrogens is 498 g/mol. The van der Waals surface area contributed by atoms with E-state index in [1.165, 1.54) is 54.7 Å². The van der Waals surface area contributed by atoms with Crippen molar-refractivity contribution in [2.45, 2.75) is 27.7 Å². The predicted octanol–water partition coefficient (Wildman–Crippen LogP) is 11.8. The van der Waals surface area contributed by atoms with E-state index in [2.05, 4.69) is 116 Å². The second kappa shape index (κ2) is 12.1. The van der Waals surface area contributed by atoms with Crippen LogP contribution in [0.15, 0.2) is 138 Å². The van der Waals surface area contributed by atoms with E-state index < -0.39 is 0 Å². The maximum Gasteiger partial charge on any atom is 0.136 e. The Bertz CT molecular complexity index is 2060. The Balaban J connectivity index is 0.000000295. The molecule has 0 saturated heterocycles. The summed E-state index contributed by atoms with van der Waals surface area (Å²) in [7, 11) is 2.15. The Kier molecular flexibility index (Phi) is 8.21. The van der Waals surface area contributed by atoms with E-state index >= 15 is 0 Å². The third kappa shape index (κ3) is 5.21. The van der Waals surface area contributed by atoms with Gasteiger partial charge in [-0.1, -0.05) is 111 Å². The first-order valence-electron chi connectivity index (χ1n) is 14.3. The number of para-hydroxylation sites is 1. The molecule has 0 saturated carbocycles. The van der Waals surface area contributed by atoms with Crippen LogP contribution in [0.1, 0.15) is 27.7 Å². The fraction of sp³-hybridized carbons (Fsp3) is 0.128. The van der Waals surface area contributed by atoms with Crippen molar-refractivity contribution in [3.8, 4) is 11.1 Å². The Morgan fingerprint density at radius 2 is 1.37 bits per heavy atom. The van der Waals surface area contributed by atoms with Gasteiger partial charge in [-0.3, -0.25) is 0 Å². The van der Waals surface area contributed by atoms with Gasteiger partial charge in [0.05, 0.1) is 0 Å². The number of aryl methyl sites for hydroxylation is 1. The highest BCUT2D eigenvalue weighted by atomic mass is 16.3. The zero-order valence-corrected chi connectivity index (χ0v) is 24.6. The minimum absolute atomic E-state index is 0.933. The summed E-state index contributed by atoms with van der Waals surface area (Å²) >= 11 is 0. The van der Waals surface area contributed by atoms with Gasteiger partial charge in [0.1, 0.15) is 11.2 Å². The molecule has 0 aliphatic rings. The Morgan fingerprint density at radius 1 is 0.707 bits per heavy atom. The molecule has 0 spiro atoms. The summed E-state index contributed by atoms with van der Waals surface area (Å²) in [5.74, 6) is 0. The first-order valence-corrected chi connectivity index (χ1v) is 14.3. The molecule has 0 aliphatic heterocycles. The number of hydrogen-bond donors (Lipinski definition) is 0. The predicted molar refractivity (Wildman–Crippen MR) is 181 cm³/mol. The smallest absolute Gasteiger partial charge is 0.136 e. The van der Waals surface area contributed by atoms with Gasteiger partial charge in [0.15, 0.2) is 0 Å². The van der Waals surface area contributed by atoms with E-state index in [1.807, 2.05) is 45.1 Å². The summed E-state index contributed by atoms with van der Waals surface area (Å²) in [6.07, 6.45) is 7.77. The normalized spacial score (nSPS) is 11.7. The summed E-state index contributed by atoms with van der Waals surface area (Å²) in [5.41, 5.74) is 8.03. The van der Waals surface area contributed by atoms with Crippen molar-refractivity contribution >= 4 is 54.5 Å². The molecule has 0 atom stereocenters. The van der Waals surface area contributed by atoms with E-state index in [-0.39, 0.29) is 0 Å². The number of rotatable bonds is 3. The lowest BCUT2D eigenvalue weighted by Crippen LogP contribution is -1.86. The minimum Gasteiger partial charge on any atom is -0.456 e. The number of hydrogen-bond acceptors (Lipinski definition) is 1. The molecule has 0 radical (unpaired) electrons. The van der Waals surface area contributed by atoms with Crippen molar-refractivity contribution in [2.24, 2.45) is 7.05 Å². The Hall–Kier alpha value is -4.82. The number of furan rings is 1. The van der Waals surface area contributed by atoms with Crippen LogP contribution in [-0.4, -0.2) is 4.57 Å². The highest BCUT2D eigenvalue weighted by molar-refractivity contribution is 6.21. The van der Waals surface area contributed by atoms with Crippen molar-refractivity contribution in [1.29, 1.82) is 0 Å². The molecule has 2 aromatic heterocycles. The number of allylic oxidation sites excluding steroid dienone is 5. The van der Waals surface area contributed by atoms with Gasteiger partial charge >= 0.3 is 0 Å². The lowest BCUT2D eigenvalue weighted by molar-refractivity contribution is 0.669. The monoisotopic (exact) mass is 535 g/mol. The molecule has 204 valence electrons. The Morgan fingerprint density at radius 3 is 2.15 bits per heavy atom. The van der Waals surface area contributed by atoms with Crippen molar-refractivity contribution in [1.82, 2.24) is 4.57 Å². The molecule has 2 nitrogen and oxygen atoms in total. The summed E-state index contributed by atoms with van der Waals surface area (Å²) < 4.78 is 8.42. The molecule has 2 heteroatoms. The van der Waals surface area contributed by atoms with Gasteiger partial charge in [0, 0.05) is 39.6 Å². The van der Waals surface area contributed by atoms with Crippen molar-refractivity contribution in [3.63, 3.8) is 0 Å². The lowest BCUT2D eigenvalue weighted by atomic mass is 9.99. The van der Waals surface area contributed by atoms with E-state index in [1.54, 1.807) is 6.08 Å². The van der Waals surface area contributed by atoms with E-state index in [0.29, 0.717) is 0 Å². The molecule has 7 rings (SSSR count). The van der Waals surface area contributed by atoms with Gasteiger partial charge in [-0.05, 0) is 72.1 Å². The highest BCUT2D eigenvalue weighted by Crippen LogP contribution is 2.37. The molecule has 0 amide bonds. The van der Waals surface area contributed by atoms with Crippen LogP contribution in [0.25, 0.3) is 65.6 Å². The number of aromatic nitrogens is 1. The second-order valence-electron chi connectivity index (χ2n) is 9.91. The van der Waals surface area contributed by atoms with Crippen molar-refractivity contribution in [2.75, 3.05) is 0 Å². The number of nitrogens with zero attached hydrogens (tertiary/aromatic N) is 1.